The van der Waals surface area contributed by atoms with Crippen LogP contribution in [0.15, 0.2) is 42.7 Å². The van der Waals surface area contributed by atoms with Gasteiger partial charge in [-0.2, -0.15) is 0 Å². The molecule has 0 aliphatic carbocycles. The van der Waals surface area contributed by atoms with E-state index in [0.717, 1.165) is 27.7 Å². The monoisotopic (exact) mass is 360 g/mol. The van der Waals surface area contributed by atoms with Gasteiger partial charge in [0.2, 0.25) is 11.8 Å². The molecule has 27 heavy (non-hydrogen) atoms. The van der Waals surface area contributed by atoms with E-state index in [-0.39, 0.29) is 18.2 Å². The van der Waals surface area contributed by atoms with Gasteiger partial charge in [0.25, 0.3) is 5.91 Å². The van der Waals surface area contributed by atoms with E-state index in [0.29, 0.717) is 18.5 Å². The number of hydrogen-bond acceptors (Lipinski definition) is 4. The third-order valence-electron chi connectivity index (χ3n) is 5.28. The Hall–Kier alpha value is -3.48. The van der Waals surface area contributed by atoms with Crippen LogP contribution in [0.5, 0.6) is 0 Å². The lowest BCUT2D eigenvalue weighted by molar-refractivity contribution is -0.136. The molecule has 3 amide bonds. The van der Waals surface area contributed by atoms with Crippen LogP contribution >= 0.6 is 0 Å². The number of pyridine rings is 1. The molecule has 7 heteroatoms. The molecule has 1 atom stereocenters. The molecular formula is C20H16N4O3. The molecule has 0 spiro atoms. The molecule has 0 saturated carbocycles. The predicted molar refractivity (Wildman–Crippen MR) is 97.6 cm³/mol. The number of amides is 3. The van der Waals surface area contributed by atoms with Gasteiger partial charge in [-0.3, -0.25) is 24.7 Å². The van der Waals surface area contributed by atoms with Gasteiger partial charge < -0.3 is 9.88 Å². The van der Waals surface area contributed by atoms with Crippen LogP contribution in [0.25, 0.3) is 22.2 Å². The standard InChI is InChI=1S/C20H16N4O3/c25-17-4-3-16(19(26)23-17)24-10-12-9-11(1-2-13(12)20(24)27)18-14-5-7-21-15(14)6-8-22-18/h1-2,5-9,16,21H,3-4,10H2,(H,23,25,26). The number of hydrogen-bond donors (Lipinski definition) is 2. The molecule has 0 bridgehead atoms. The van der Waals surface area contributed by atoms with Crippen LogP contribution in [0.2, 0.25) is 0 Å². The molecule has 2 N–H and O–H groups in total. The second-order valence-corrected chi connectivity index (χ2v) is 6.87. The number of carbonyl (C=O) groups excluding carboxylic acids is 3. The summed E-state index contributed by atoms with van der Waals surface area (Å²) in [6, 6.07) is 8.95. The van der Waals surface area contributed by atoms with Crippen LogP contribution in [-0.4, -0.2) is 38.6 Å². The number of imide groups is 1. The van der Waals surface area contributed by atoms with Crippen molar-refractivity contribution in [1.29, 1.82) is 0 Å². The molecule has 0 radical (unpaired) electrons. The topological polar surface area (TPSA) is 95.2 Å². The molecule has 1 aromatic carbocycles. The first-order valence-corrected chi connectivity index (χ1v) is 8.82. The summed E-state index contributed by atoms with van der Waals surface area (Å²) in [5.41, 5.74) is 4.25. The predicted octanol–water partition coefficient (Wildman–Crippen LogP) is 1.99. The fourth-order valence-corrected chi connectivity index (χ4v) is 3.93. The van der Waals surface area contributed by atoms with E-state index in [4.69, 9.17) is 0 Å². The van der Waals surface area contributed by atoms with Gasteiger partial charge in [0.1, 0.15) is 6.04 Å². The van der Waals surface area contributed by atoms with Gasteiger partial charge in [0.05, 0.1) is 5.69 Å². The zero-order chi connectivity index (χ0) is 18.5. The molecule has 7 nitrogen and oxygen atoms in total. The Morgan fingerprint density at radius 2 is 2.00 bits per heavy atom. The minimum absolute atomic E-state index is 0.168. The summed E-state index contributed by atoms with van der Waals surface area (Å²) >= 11 is 0. The van der Waals surface area contributed by atoms with Gasteiger partial charge in [0.15, 0.2) is 0 Å². The zero-order valence-electron chi connectivity index (χ0n) is 14.4. The van der Waals surface area contributed by atoms with Gasteiger partial charge in [-0.25, -0.2) is 0 Å². The molecule has 4 heterocycles. The average molecular weight is 360 g/mol. The van der Waals surface area contributed by atoms with Crippen molar-refractivity contribution in [3.63, 3.8) is 0 Å². The van der Waals surface area contributed by atoms with Crippen LogP contribution in [0.3, 0.4) is 0 Å². The minimum atomic E-state index is -0.600. The second kappa shape index (κ2) is 5.77. The Labute approximate surface area is 154 Å². The molecule has 2 aromatic heterocycles. The quantitative estimate of drug-likeness (QED) is 0.683. The van der Waals surface area contributed by atoms with E-state index in [2.05, 4.69) is 15.3 Å². The van der Waals surface area contributed by atoms with Crippen molar-refractivity contribution >= 4 is 28.6 Å². The first-order valence-electron chi connectivity index (χ1n) is 8.82. The Morgan fingerprint density at radius 3 is 2.85 bits per heavy atom. The number of aromatic amines is 1. The van der Waals surface area contributed by atoms with Crippen molar-refractivity contribution in [3.8, 4) is 11.3 Å². The second-order valence-electron chi connectivity index (χ2n) is 6.87. The van der Waals surface area contributed by atoms with E-state index in [9.17, 15) is 14.4 Å². The average Bonchev–Trinajstić information content (AvgIpc) is 3.26. The Balaban J connectivity index is 1.50. The normalized spacial score (nSPS) is 19.5. The van der Waals surface area contributed by atoms with E-state index >= 15 is 0 Å². The molecule has 1 saturated heterocycles. The number of piperidine rings is 1. The molecule has 2 aliphatic heterocycles. The number of rotatable bonds is 2. The van der Waals surface area contributed by atoms with Crippen molar-refractivity contribution in [2.24, 2.45) is 0 Å². The van der Waals surface area contributed by atoms with Gasteiger partial charge in [-0.05, 0) is 36.2 Å². The van der Waals surface area contributed by atoms with Crippen LogP contribution in [-0.2, 0) is 16.1 Å². The number of nitrogens with zero attached hydrogens (tertiary/aromatic N) is 2. The molecule has 1 fully saturated rings. The highest BCUT2D eigenvalue weighted by Crippen LogP contribution is 2.32. The molecule has 5 rings (SSSR count). The molecule has 3 aromatic rings. The Bertz CT molecular complexity index is 1120. The summed E-state index contributed by atoms with van der Waals surface area (Å²) < 4.78 is 0. The minimum Gasteiger partial charge on any atom is -0.361 e. The molecule has 2 aliphatic rings. The highest BCUT2D eigenvalue weighted by molar-refractivity contribution is 6.05. The number of fused-ring (bicyclic) bond motifs is 2. The molecule has 1 unspecified atom stereocenters. The van der Waals surface area contributed by atoms with Crippen molar-refractivity contribution in [2.45, 2.75) is 25.4 Å². The summed E-state index contributed by atoms with van der Waals surface area (Å²) in [7, 11) is 0. The third kappa shape index (κ3) is 2.43. The summed E-state index contributed by atoms with van der Waals surface area (Å²) in [5.74, 6) is -0.849. The summed E-state index contributed by atoms with van der Waals surface area (Å²) in [6.45, 7) is 0.359. The van der Waals surface area contributed by atoms with Crippen LogP contribution in [0.4, 0.5) is 0 Å². The van der Waals surface area contributed by atoms with Crippen molar-refractivity contribution in [3.05, 3.63) is 53.9 Å². The summed E-state index contributed by atoms with van der Waals surface area (Å²) in [4.78, 5) is 45.5. The lowest BCUT2D eigenvalue weighted by Gasteiger charge is -2.29. The van der Waals surface area contributed by atoms with Crippen molar-refractivity contribution in [2.75, 3.05) is 0 Å². The van der Waals surface area contributed by atoms with Gasteiger partial charge in [-0.15, -0.1) is 0 Å². The first kappa shape index (κ1) is 15.7. The Morgan fingerprint density at radius 1 is 1.11 bits per heavy atom. The summed E-state index contributed by atoms with van der Waals surface area (Å²) in [5, 5.41) is 3.34. The molecular weight excluding hydrogens is 344 g/mol. The SMILES string of the molecule is O=C1CCC(N2Cc3cc(-c4nccc5[nH]ccc45)ccc3C2=O)C(=O)N1. The van der Waals surface area contributed by atoms with Gasteiger partial charge in [0, 0.05) is 47.4 Å². The zero-order valence-corrected chi connectivity index (χ0v) is 14.4. The van der Waals surface area contributed by atoms with E-state index in [1.807, 2.05) is 30.5 Å². The molecule has 134 valence electrons. The number of benzene rings is 1. The fraction of sp³-hybridized carbons (Fsp3) is 0.200. The maximum atomic E-state index is 12.8. The summed E-state index contributed by atoms with van der Waals surface area (Å²) in [6.07, 6.45) is 4.24. The maximum absolute atomic E-state index is 12.8. The van der Waals surface area contributed by atoms with E-state index in [1.165, 1.54) is 0 Å². The lowest BCUT2D eigenvalue weighted by atomic mass is 10.0. The number of carbonyl (C=O) groups is 3. The smallest absolute Gasteiger partial charge is 0.255 e. The van der Waals surface area contributed by atoms with Crippen LogP contribution in [0.1, 0.15) is 28.8 Å². The maximum Gasteiger partial charge on any atom is 0.255 e. The van der Waals surface area contributed by atoms with Crippen molar-refractivity contribution < 1.29 is 14.4 Å². The highest BCUT2D eigenvalue weighted by atomic mass is 16.2. The number of nitrogens with one attached hydrogen (secondary N) is 2. The fourth-order valence-electron chi connectivity index (χ4n) is 3.93. The van der Waals surface area contributed by atoms with Gasteiger partial charge in [-0.1, -0.05) is 6.07 Å². The highest BCUT2D eigenvalue weighted by Gasteiger charge is 2.39. The van der Waals surface area contributed by atoms with Crippen LogP contribution in [0, 0.1) is 0 Å². The number of H-pyrrole nitrogens is 1. The first-order chi connectivity index (χ1) is 13.1. The van der Waals surface area contributed by atoms with Gasteiger partial charge >= 0.3 is 0 Å². The lowest BCUT2D eigenvalue weighted by Crippen LogP contribution is -2.52. The third-order valence-corrected chi connectivity index (χ3v) is 5.28. The Kier molecular flexibility index (Phi) is 3.36. The van der Waals surface area contributed by atoms with E-state index in [1.54, 1.807) is 17.2 Å². The van der Waals surface area contributed by atoms with Crippen molar-refractivity contribution in [1.82, 2.24) is 20.2 Å². The van der Waals surface area contributed by atoms with E-state index < -0.39 is 11.9 Å². The van der Waals surface area contributed by atoms with Crippen LogP contribution < -0.4 is 5.32 Å². The largest absolute Gasteiger partial charge is 0.361 e. The number of aromatic nitrogens is 2.